The number of hydrogen-bond acceptors (Lipinski definition) is 7. The van der Waals surface area contributed by atoms with Gasteiger partial charge in [-0.3, -0.25) is 4.79 Å². The lowest BCUT2D eigenvalue weighted by Crippen LogP contribution is -2.30. The van der Waals surface area contributed by atoms with E-state index in [1.54, 1.807) is 4.72 Å². The van der Waals surface area contributed by atoms with Gasteiger partial charge in [0.2, 0.25) is 5.95 Å². The van der Waals surface area contributed by atoms with Crippen molar-refractivity contribution in [1.29, 1.82) is 0 Å². The van der Waals surface area contributed by atoms with E-state index in [9.17, 15) is 22.7 Å². The Morgan fingerprint density at radius 2 is 2.17 bits per heavy atom. The molecule has 1 saturated heterocycles. The van der Waals surface area contributed by atoms with Crippen molar-refractivity contribution in [3.8, 4) is 5.75 Å². The highest BCUT2D eigenvalue weighted by Crippen LogP contribution is 2.37. The van der Waals surface area contributed by atoms with Gasteiger partial charge in [0, 0.05) is 17.6 Å². The molecule has 0 unspecified atom stereocenters. The number of nitrogens with one attached hydrogen (secondary N) is 2. The minimum absolute atomic E-state index is 0.143. The third kappa shape index (κ3) is 2.37. The lowest BCUT2D eigenvalue weighted by Gasteiger charge is -2.17. The van der Waals surface area contributed by atoms with Crippen LogP contribution in [0, 0.1) is 5.82 Å². The number of carbonyl (C=O) groups excluding carboxylic acids is 1. The molecule has 4 rings (SSSR count). The molecule has 0 bridgehead atoms. The number of anilines is 2. The first-order chi connectivity index (χ1) is 11.3. The van der Waals surface area contributed by atoms with Crippen molar-refractivity contribution in [2.75, 3.05) is 16.2 Å². The summed E-state index contributed by atoms with van der Waals surface area (Å²) in [7, 11) is -4.25. The summed E-state index contributed by atoms with van der Waals surface area (Å²) in [5, 5.41) is 13.3. The summed E-state index contributed by atoms with van der Waals surface area (Å²) in [4.78, 5) is 19.4. The monoisotopic (exact) mass is 353 g/mol. The van der Waals surface area contributed by atoms with Gasteiger partial charge in [0.1, 0.15) is 23.5 Å². The fourth-order valence-electron chi connectivity index (χ4n) is 2.48. The number of benzene rings is 1. The van der Waals surface area contributed by atoms with Crippen molar-refractivity contribution in [3.05, 3.63) is 18.1 Å². The van der Waals surface area contributed by atoms with E-state index >= 15 is 0 Å². The van der Waals surface area contributed by atoms with Gasteiger partial charge in [-0.25, -0.2) is 23.4 Å². The Hall–Kier alpha value is -2.69. The Morgan fingerprint density at radius 3 is 2.79 bits per heavy atom. The van der Waals surface area contributed by atoms with Crippen molar-refractivity contribution in [1.82, 2.24) is 14.7 Å². The van der Waals surface area contributed by atoms with Gasteiger partial charge in [-0.15, -0.1) is 0 Å². The number of aromatic hydroxyl groups is 1. The third-order valence-corrected chi connectivity index (χ3v) is 5.13. The van der Waals surface area contributed by atoms with Gasteiger partial charge in [0.15, 0.2) is 5.82 Å². The van der Waals surface area contributed by atoms with Crippen LogP contribution < -0.4 is 14.3 Å². The largest absolute Gasteiger partial charge is 0.506 e. The molecule has 2 aliphatic rings. The number of hydrogen-bond donors (Lipinski definition) is 3. The predicted octanol–water partition coefficient (Wildman–Crippen LogP) is 0.230. The fourth-order valence-corrected chi connectivity index (χ4v) is 3.64. The highest BCUT2D eigenvalue weighted by atomic mass is 32.2. The smallest absolute Gasteiger partial charge is 0.326 e. The molecule has 1 aliphatic carbocycles. The number of rotatable bonds is 3. The maximum atomic E-state index is 14.9. The topological polar surface area (TPSA) is 125 Å². The van der Waals surface area contributed by atoms with Crippen LogP contribution in [-0.2, 0) is 15.0 Å². The average molecular weight is 353 g/mol. The van der Waals surface area contributed by atoms with Crippen LogP contribution in [0.15, 0.2) is 12.3 Å². The maximum Gasteiger partial charge on any atom is 0.326 e. The van der Waals surface area contributed by atoms with Crippen LogP contribution in [0.3, 0.4) is 0 Å². The van der Waals surface area contributed by atoms with E-state index in [4.69, 9.17) is 0 Å². The Morgan fingerprint density at radius 1 is 1.42 bits per heavy atom. The van der Waals surface area contributed by atoms with Crippen molar-refractivity contribution < 1.29 is 22.7 Å². The lowest BCUT2D eigenvalue weighted by atomic mass is 10.2. The van der Waals surface area contributed by atoms with Crippen LogP contribution in [0.2, 0.25) is 0 Å². The van der Waals surface area contributed by atoms with E-state index in [1.165, 1.54) is 6.20 Å². The zero-order valence-corrected chi connectivity index (χ0v) is 13.0. The first kappa shape index (κ1) is 14.9. The van der Waals surface area contributed by atoms with E-state index in [0.717, 1.165) is 18.9 Å². The molecule has 0 radical (unpaired) electrons. The highest BCUT2D eigenvalue weighted by molar-refractivity contribution is 7.92. The van der Waals surface area contributed by atoms with Gasteiger partial charge in [-0.2, -0.15) is 8.42 Å². The molecule has 2 heterocycles. The van der Waals surface area contributed by atoms with Gasteiger partial charge < -0.3 is 10.4 Å². The van der Waals surface area contributed by atoms with Crippen LogP contribution in [0.1, 0.15) is 12.8 Å². The molecule has 2 aromatic rings. The second kappa shape index (κ2) is 4.90. The molecule has 9 nitrogen and oxygen atoms in total. The van der Waals surface area contributed by atoms with Crippen LogP contribution in [0.4, 0.5) is 16.0 Å². The standard InChI is InChI=1S/C13H12FN5O4S/c14-10-11-6(4-15-13(17-11)16-7-1-2-7)3-8(20)12(10)19-5-9(21)18-24(19,22)23/h3-4,7,20H,1-2,5H2,(H,18,21)(H,15,16,17). The maximum absolute atomic E-state index is 14.9. The second-order valence-corrected chi connectivity index (χ2v) is 7.24. The molecule has 126 valence electrons. The van der Waals surface area contributed by atoms with Gasteiger partial charge in [0.25, 0.3) is 5.91 Å². The molecular formula is C13H12FN5O4S. The first-order valence-electron chi connectivity index (χ1n) is 7.13. The van der Waals surface area contributed by atoms with E-state index in [1.807, 2.05) is 0 Å². The Kier molecular flexibility index (Phi) is 3.04. The van der Waals surface area contributed by atoms with Gasteiger partial charge >= 0.3 is 10.2 Å². The van der Waals surface area contributed by atoms with Crippen molar-refractivity contribution in [2.24, 2.45) is 0 Å². The molecule has 2 fully saturated rings. The number of amides is 1. The second-order valence-electron chi connectivity index (χ2n) is 5.65. The number of carbonyl (C=O) groups is 1. The van der Waals surface area contributed by atoms with Crippen LogP contribution in [0.5, 0.6) is 5.75 Å². The summed E-state index contributed by atoms with van der Waals surface area (Å²) in [5.74, 6) is -2.25. The van der Waals surface area contributed by atoms with Gasteiger partial charge in [0.05, 0.1) is 0 Å². The molecule has 1 aromatic carbocycles. The predicted molar refractivity (Wildman–Crippen MR) is 82.2 cm³/mol. The summed E-state index contributed by atoms with van der Waals surface area (Å²) in [6.07, 6.45) is 3.29. The minimum Gasteiger partial charge on any atom is -0.506 e. The van der Waals surface area contributed by atoms with E-state index in [-0.39, 0.29) is 22.9 Å². The molecule has 0 spiro atoms. The zero-order chi connectivity index (χ0) is 17.1. The number of phenolic OH excluding ortho intramolecular Hbond substituents is 1. The molecule has 1 aliphatic heterocycles. The SMILES string of the molecule is O=C1CN(c2c(O)cc3cnc(NC4CC4)nc3c2F)S(=O)(=O)N1. The number of halogens is 1. The minimum atomic E-state index is -4.25. The molecule has 3 N–H and O–H groups in total. The van der Waals surface area contributed by atoms with Crippen molar-refractivity contribution >= 4 is 38.7 Å². The lowest BCUT2D eigenvalue weighted by molar-refractivity contribution is -0.117. The quantitative estimate of drug-likeness (QED) is 0.721. The number of aromatic nitrogens is 2. The molecule has 11 heteroatoms. The Labute approximate surface area is 135 Å². The number of phenols is 1. The van der Waals surface area contributed by atoms with E-state index < -0.39 is 39.9 Å². The van der Waals surface area contributed by atoms with E-state index in [2.05, 4.69) is 15.3 Å². The molecule has 1 aromatic heterocycles. The summed E-state index contributed by atoms with van der Waals surface area (Å²) in [5.41, 5.74) is -0.757. The molecular weight excluding hydrogens is 341 g/mol. The Balaban J connectivity index is 1.87. The zero-order valence-electron chi connectivity index (χ0n) is 12.2. The molecule has 24 heavy (non-hydrogen) atoms. The summed E-state index contributed by atoms with van der Waals surface area (Å²) in [6, 6.07) is 1.41. The fraction of sp³-hybridized carbons (Fsp3) is 0.308. The third-order valence-electron chi connectivity index (χ3n) is 3.75. The number of fused-ring (bicyclic) bond motifs is 1. The summed E-state index contributed by atoms with van der Waals surface area (Å²) < 4.78 is 40.9. The Bertz CT molecular complexity index is 976. The normalized spacial score (nSPS) is 19.5. The molecule has 1 amide bonds. The average Bonchev–Trinajstić information content (AvgIpc) is 3.25. The first-order valence-corrected chi connectivity index (χ1v) is 8.57. The van der Waals surface area contributed by atoms with Crippen LogP contribution >= 0.6 is 0 Å². The van der Waals surface area contributed by atoms with Gasteiger partial charge in [-0.05, 0) is 18.9 Å². The van der Waals surface area contributed by atoms with Crippen molar-refractivity contribution in [2.45, 2.75) is 18.9 Å². The summed E-state index contributed by atoms with van der Waals surface area (Å²) in [6.45, 7) is -0.614. The number of nitrogens with zero attached hydrogens (tertiary/aromatic N) is 3. The van der Waals surface area contributed by atoms with E-state index in [0.29, 0.717) is 4.31 Å². The van der Waals surface area contributed by atoms with Crippen LogP contribution in [0.25, 0.3) is 10.9 Å². The molecule has 1 saturated carbocycles. The highest BCUT2D eigenvalue weighted by Gasteiger charge is 2.38. The van der Waals surface area contributed by atoms with Crippen molar-refractivity contribution in [3.63, 3.8) is 0 Å². The summed E-state index contributed by atoms with van der Waals surface area (Å²) >= 11 is 0. The van der Waals surface area contributed by atoms with Gasteiger partial charge in [-0.1, -0.05) is 0 Å². The van der Waals surface area contributed by atoms with Crippen LogP contribution in [-0.4, -0.2) is 42.0 Å². The molecule has 0 atom stereocenters.